The van der Waals surface area contributed by atoms with Gasteiger partial charge in [-0.3, -0.25) is 0 Å². The molecule has 1 heterocycles. The van der Waals surface area contributed by atoms with Gasteiger partial charge in [-0.15, -0.1) is 0 Å². The SMILES string of the molecule is [N-]=[N+]=NC(CO)C1CCOCC1. The van der Waals surface area contributed by atoms with E-state index in [2.05, 4.69) is 10.0 Å². The van der Waals surface area contributed by atoms with Crippen LogP contribution in [0.2, 0.25) is 0 Å². The zero-order valence-electron chi connectivity index (χ0n) is 6.89. The summed E-state index contributed by atoms with van der Waals surface area (Å²) < 4.78 is 5.16. The fraction of sp³-hybridized carbons (Fsp3) is 1.00. The molecule has 0 saturated carbocycles. The maximum atomic E-state index is 8.90. The molecule has 0 amide bonds. The topological polar surface area (TPSA) is 78.2 Å². The van der Waals surface area contributed by atoms with Gasteiger partial charge in [0.05, 0.1) is 12.6 Å². The van der Waals surface area contributed by atoms with Crippen LogP contribution in [0, 0.1) is 5.92 Å². The Morgan fingerprint density at radius 1 is 1.58 bits per heavy atom. The van der Waals surface area contributed by atoms with E-state index in [9.17, 15) is 0 Å². The number of nitrogens with zero attached hydrogens (tertiary/aromatic N) is 3. The summed E-state index contributed by atoms with van der Waals surface area (Å²) in [6, 6.07) is -0.265. The van der Waals surface area contributed by atoms with Crippen molar-refractivity contribution in [2.45, 2.75) is 18.9 Å². The first kappa shape index (κ1) is 9.32. The van der Waals surface area contributed by atoms with Crippen molar-refractivity contribution in [1.29, 1.82) is 0 Å². The van der Waals surface area contributed by atoms with Crippen LogP contribution >= 0.6 is 0 Å². The average Bonchev–Trinajstić information content (AvgIpc) is 2.15. The Hall–Kier alpha value is -0.770. The third-order valence-electron chi connectivity index (χ3n) is 2.20. The number of hydrogen-bond donors (Lipinski definition) is 1. The van der Waals surface area contributed by atoms with Gasteiger partial charge in [-0.05, 0) is 24.3 Å². The smallest absolute Gasteiger partial charge is 0.0635 e. The highest BCUT2D eigenvalue weighted by Crippen LogP contribution is 2.20. The Labute approximate surface area is 71.0 Å². The van der Waals surface area contributed by atoms with Crippen LogP contribution in [0.1, 0.15) is 12.8 Å². The zero-order valence-corrected chi connectivity index (χ0v) is 6.89. The first-order valence-electron chi connectivity index (χ1n) is 4.11. The Morgan fingerprint density at radius 3 is 2.75 bits per heavy atom. The molecule has 0 aliphatic carbocycles. The summed E-state index contributed by atoms with van der Waals surface area (Å²) in [6.45, 7) is 1.36. The molecule has 5 nitrogen and oxygen atoms in total. The van der Waals surface area contributed by atoms with Crippen LogP contribution in [-0.2, 0) is 4.74 Å². The second-order valence-corrected chi connectivity index (χ2v) is 2.90. The van der Waals surface area contributed by atoms with E-state index < -0.39 is 0 Å². The molecule has 1 rings (SSSR count). The minimum Gasteiger partial charge on any atom is -0.396 e. The standard InChI is InChI=1S/C7H13N3O2/c8-10-9-7(5-11)6-1-3-12-4-2-6/h6-7,11H,1-5H2. The van der Waals surface area contributed by atoms with Gasteiger partial charge < -0.3 is 9.84 Å². The molecule has 0 bridgehead atoms. The summed E-state index contributed by atoms with van der Waals surface area (Å²) in [5.74, 6) is 0.291. The molecule has 1 aliphatic rings. The molecule has 1 unspecified atom stereocenters. The lowest BCUT2D eigenvalue weighted by atomic mass is 9.93. The van der Waals surface area contributed by atoms with Gasteiger partial charge in [-0.25, -0.2) is 0 Å². The third kappa shape index (κ3) is 2.37. The van der Waals surface area contributed by atoms with E-state index >= 15 is 0 Å². The van der Waals surface area contributed by atoms with Crippen LogP contribution in [0.15, 0.2) is 5.11 Å². The quantitative estimate of drug-likeness (QED) is 0.392. The van der Waals surface area contributed by atoms with Crippen LogP contribution in [0.5, 0.6) is 0 Å². The number of aliphatic hydroxyl groups excluding tert-OH is 1. The Kier molecular flexibility index (Phi) is 3.87. The van der Waals surface area contributed by atoms with Gasteiger partial charge in [0.2, 0.25) is 0 Å². The molecule has 0 spiro atoms. The van der Waals surface area contributed by atoms with E-state index in [1.807, 2.05) is 0 Å². The lowest BCUT2D eigenvalue weighted by Crippen LogP contribution is -2.28. The summed E-state index contributed by atoms with van der Waals surface area (Å²) in [7, 11) is 0. The van der Waals surface area contributed by atoms with Crippen LogP contribution in [0.3, 0.4) is 0 Å². The monoisotopic (exact) mass is 171 g/mol. The molecular formula is C7H13N3O2. The van der Waals surface area contributed by atoms with Gasteiger partial charge in [-0.1, -0.05) is 5.11 Å². The highest BCUT2D eigenvalue weighted by Gasteiger charge is 2.21. The molecular weight excluding hydrogens is 158 g/mol. The van der Waals surface area contributed by atoms with Crippen molar-refractivity contribution in [2.24, 2.45) is 11.0 Å². The van der Waals surface area contributed by atoms with E-state index in [-0.39, 0.29) is 12.6 Å². The second kappa shape index (κ2) is 4.98. The molecule has 5 heteroatoms. The highest BCUT2D eigenvalue weighted by molar-refractivity contribution is 4.77. The summed E-state index contributed by atoms with van der Waals surface area (Å²) in [5.41, 5.74) is 8.21. The lowest BCUT2D eigenvalue weighted by molar-refractivity contribution is 0.0505. The zero-order chi connectivity index (χ0) is 8.81. The van der Waals surface area contributed by atoms with Gasteiger partial charge in [-0.2, -0.15) is 0 Å². The third-order valence-corrected chi connectivity index (χ3v) is 2.20. The van der Waals surface area contributed by atoms with E-state index in [1.54, 1.807) is 0 Å². The van der Waals surface area contributed by atoms with E-state index in [1.165, 1.54) is 0 Å². The molecule has 0 aromatic rings. The Bertz CT molecular complexity index is 173. The fourth-order valence-electron chi connectivity index (χ4n) is 1.45. The van der Waals surface area contributed by atoms with Crippen molar-refractivity contribution >= 4 is 0 Å². The van der Waals surface area contributed by atoms with Crippen LogP contribution in [-0.4, -0.2) is 31.0 Å². The van der Waals surface area contributed by atoms with E-state index in [4.69, 9.17) is 15.4 Å². The molecule has 1 N–H and O–H groups in total. The summed E-state index contributed by atoms with van der Waals surface area (Å²) in [6.07, 6.45) is 1.76. The number of aliphatic hydroxyl groups is 1. The number of rotatable bonds is 3. The molecule has 12 heavy (non-hydrogen) atoms. The normalized spacial score (nSPS) is 21.4. The van der Waals surface area contributed by atoms with Crippen molar-refractivity contribution in [3.05, 3.63) is 10.4 Å². The van der Waals surface area contributed by atoms with Crippen molar-refractivity contribution in [1.82, 2.24) is 0 Å². The van der Waals surface area contributed by atoms with Crippen molar-refractivity contribution in [2.75, 3.05) is 19.8 Å². The predicted molar refractivity (Wildman–Crippen MR) is 43.6 cm³/mol. The molecule has 0 aromatic heterocycles. The summed E-state index contributed by atoms with van der Waals surface area (Å²) in [5, 5.41) is 12.4. The fourth-order valence-corrected chi connectivity index (χ4v) is 1.45. The minimum atomic E-state index is -0.265. The Balaban J connectivity index is 2.45. The first-order valence-corrected chi connectivity index (χ1v) is 4.11. The number of azide groups is 1. The van der Waals surface area contributed by atoms with Crippen molar-refractivity contribution in [3.63, 3.8) is 0 Å². The number of hydrogen-bond acceptors (Lipinski definition) is 3. The van der Waals surface area contributed by atoms with Gasteiger partial charge >= 0.3 is 0 Å². The van der Waals surface area contributed by atoms with Gasteiger partial charge in [0.1, 0.15) is 0 Å². The molecule has 1 aliphatic heterocycles. The molecule has 0 radical (unpaired) electrons. The highest BCUT2D eigenvalue weighted by atomic mass is 16.5. The van der Waals surface area contributed by atoms with Crippen LogP contribution in [0.4, 0.5) is 0 Å². The summed E-state index contributed by atoms with van der Waals surface area (Å²) in [4.78, 5) is 2.71. The first-order chi connectivity index (χ1) is 5.88. The maximum absolute atomic E-state index is 8.90. The molecule has 1 saturated heterocycles. The number of ether oxygens (including phenoxy) is 1. The van der Waals surface area contributed by atoms with E-state index in [0.29, 0.717) is 19.1 Å². The van der Waals surface area contributed by atoms with Crippen molar-refractivity contribution in [3.8, 4) is 0 Å². The van der Waals surface area contributed by atoms with E-state index in [0.717, 1.165) is 12.8 Å². The lowest BCUT2D eigenvalue weighted by Gasteiger charge is -2.25. The average molecular weight is 171 g/mol. The van der Waals surface area contributed by atoms with Gasteiger partial charge in [0.15, 0.2) is 0 Å². The molecule has 1 fully saturated rings. The van der Waals surface area contributed by atoms with Gasteiger partial charge in [0, 0.05) is 18.1 Å². The summed E-state index contributed by atoms with van der Waals surface area (Å²) >= 11 is 0. The molecule has 68 valence electrons. The largest absolute Gasteiger partial charge is 0.396 e. The second-order valence-electron chi connectivity index (χ2n) is 2.90. The van der Waals surface area contributed by atoms with Gasteiger partial charge in [0.25, 0.3) is 0 Å². The van der Waals surface area contributed by atoms with Crippen molar-refractivity contribution < 1.29 is 9.84 Å². The maximum Gasteiger partial charge on any atom is 0.0635 e. The Morgan fingerprint density at radius 2 is 2.25 bits per heavy atom. The predicted octanol–water partition coefficient (Wildman–Crippen LogP) is 1.08. The van der Waals surface area contributed by atoms with Crippen LogP contribution in [0.25, 0.3) is 10.4 Å². The molecule has 1 atom stereocenters. The van der Waals surface area contributed by atoms with Crippen LogP contribution < -0.4 is 0 Å². The molecule has 0 aromatic carbocycles. The minimum absolute atomic E-state index is 0.0608.